The first-order valence-corrected chi connectivity index (χ1v) is 5.58. The summed E-state index contributed by atoms with van der Waals surface area (Å²) in [6.07, 6.45) is 0. The summed E-state index contributed by atoms with van der Waals surface area (Å²) in [6, 6.07) is 3.88. The van der Waals surface area contributed by atoms with Gasteiger partial charge in [-0.25, -0.2) is 0 Å². The van der Waals surface area contributed by atoms with Crippen LogP contribution in [0, 0.1) is 0 Å². The molecule has 0 aliphatic carbocycles. The Morgan fingerprint density at radius 2 is 2.31 bits per heavy atom. The smallest absolute Gasteiger partial charge is 0.166 e. The van der Waals surface area contributed by atoms with Crippen LogP contribution < -0.4 is 10.6 Å². The molecule has 0 bridgehead atoms. The van der Waals surface area contributed by atoms with Gasteiger partial charge in [-0.15, -0.1) is 11.3 Å². The summed E-state index contributed by atoms with van der Waals surface area (Å²) < 4.78 is 0.811. The summed E-state index contributed by atoms with van der Waals surface area (Å²) >= 11 is 12.4. The number of thiophene rings is 1. The molecule has 0 atom stereocenters. The lowest BCUT2D eigenvalue weighted by molar-refractivity contribution is 0.864. The molecule has 1 aromatic rings. The van der Waals surface area contributed by atoms with Crippen molar-refractivity contribution in [2.24, 2.45) is 0 Å². The summed E-state index contributed by atoms with van der Waals surface area (Å²) in [6.45, 7) is 3.59. The van der Waals surface area contributed by atoms with Gasteiger partial charge in [-0.1, -0.05) is 11.6 Å². The van der Waals surface area contributed by atoms with Crippen molar-refractivity contribution in [1.82, 2.24) is 10.6 Å². The van der Waals surface area contributed by atoms with Crippen molar-refractivity contribution >= 4 is 40.3 Å². The zero-order valence-electron chi connectivity index (χ0n) is 7.26. The van der Waals surface area contributed by atoms with Crippen molar-refractivity contribution in [2.75, 3.05) is 6.54 Å². The van der Waals surface area contributed by atoms with Gasteiger partial charge < -0.3 is 10.6 Å². The molecule has 0 aromatic carbocycles. The molecule has 13 heavy (non-hydrogen) atoms. The highest BCUT2D eigenvalue weighted by atomic mass is 35.5. The van der Waals surface area contributed by atoms with Crippen molar-refractivity contribution in [2.45, 2.75) is 13.5 Å². The molecule has 1 rings (SSSR count). The standard InChI is InChI=1S/C8H11ClN2S2/c1-2-10-8(12)11-5-6-3-4-7(9)13-6/h3-4H,2,5H2,1H3,(H2,10,11,12). The number of hydrogen-bond donors (Lipinski definition) is 2. The van der Waals surface area contributed by atoms with Crippen LogP contribution in [0.5, 0.6) is 0 Å². The van der Waals surface area contributed by atoms with E-state index >= 15 is 0 Å². The number of thiocarbonyl (C=S) groups is 1. The van der Waals surface area contributed by atoms with Crippen LogP contribution in [0.2, 0.25) is 4.34 Å². The van der Waals surface area contributed by atoms with Crippen LogP contribution >= 0.6 is 35.2 Å². The Kier molecular flexibility index (Phi) is 4.48. The first kappa shape index (κ1) is 10.8. The molecular weight excluding hydrogens is 224 g/mol. The Labute approximate surface area is 92.3 Å². The minimum Gasteiger partial charge on any atom is -0.363 e. The van der Waals surface area contributed by atoms with E-state index in [0.717, 1.165) is 17.4 Å². The number of rotatable bonds is 3. The van der Waals surface area contributed by atoms with Crippen molar-refractivity contribution in [3.8, 4) is 0 Å². The topological polar surface area (TPSA) is 24.1 Å². The van der Waals surface area contributed by atoms with E-state index in [1.165, 1.54) is 4.88 Å². The predicted octanol–water partition coefficient (Wildman–Crippen LogP) is 2.39. The number of hydrogen-bond acceptors (Lipinski definition) is 2. The molecule has 0 unspecified atom stereocenters. The van der Waals surface area contributed by atoms with E-state index in [-0.39, 0.29) is 0 Å². The average Bonchev–Trinajstić information content (AvgIpc) is 2.49. The van der Waals surface area contributed by atoms with Crippen molar-refractivity contribution in [1.29, 1.82) is 0 Å². The van der Waals surface area contributed by atoms with Crippen LogP contribution in [0.25, 0.3) is 0 Å². The first-order valence-electron chi connectivity index (χ1n) is 3.98. The molecule has 0 amide bonds. The summed E-state index contributed by atoms with van der Waals surface area (Å²) in [4.78, 5) is 1.19. The Balaban J connectivity index is 2.30. The lowest BCUT2D eigenvalue weighted by atomic mass is 10.5. The molecule has 72 valence electrons. The quantitative estimate of drug-likeness (QED) is 0.786. The second kappa shape index (κ2) is 5.42. The van der Waals surface area contributed by atoms with Gasteiger partial charge in [0.1, 0.15) is 0 Å². The number of nitrogens with one attached hydrogen (secondary N) is 2. The molecular formula is C8H11ClN2S2. The molecule has 0 spiro atoms. The van der Waals surface area contributed by atoms with Gasteiger partial charge in [-0.3, -0.25) is 0 Å². The molecule has 0 saturated carbocycles. The van der Waals surface area contributed by atoms with Gasteiger partial charge >= 0.3 is 0 Å². The van der Waals surface area contributed by atoms with E-state index < -0.39 is 0 Å². The zero-order chi connectivity index (χ0) is 9.68. The van der Waals surface area contributed by atoms with Gasteiger partial charge in [-0.2, -0.15) is 0 Å². The highest BCUT2D eigenvalue weighted by Gasteiger charge is 1.98. The van der Waals surface area contributed by atoms with Gasteiger partial charge in [0.25, 0.3) is 0 Å². The minimum absolute atomic E-state index is 0.687. The summed E-state index contributed by atoms with van der Waals surface area (Å²) in [5.41, 5.74) is 0. The Hall–Kier alpha value is -0.320. The maximum Gasteiger partial charge on any atom is 0.166 e. The van der Waals surface area contributed by atoms with E-state index in [4.69, 9.17) is 23.8 Å². The fourth-order valence-electron chi connectivity index (χ4n) is 0.837. The van der Waals surface area contributed by atoms with Crippen molar-refractivity contribution in [3.05, 3.63) is 21.3 Å². The molecule has 0 radical (unpaired) electrons. The molecule has 2 N–H and O–H groups in total. The third-order valence-corrected chi connectivity index (χ3v) is 2.91. The van der Waals surface area contributed by atoms with Crippen LogP contribution in [0.15, 0.2) is 12.1 Å². The monoisotopic (exact) mass is 234 g/mol. The highest BCUT2D eigenvalue weighted by Crippen LogP contribution is 2.20. The SMILES string of the molecule is CCNC(=S)NCc1ccc(Cl)s1. The van der Waals surface area contributed by atoms with E-state index in [9.17, 15) is 0 Å². The maximum absolute atomic E-state index is 5.78. The summed E-state index contributed by atoms with van der Waals surface area (Å²) in [7, 11) is 0. The first-order chi connectivity index (χ1) is 6.22. The van der Waals surface area contributed by atoms with Gasteiger partial charge in [-0.05, 0) is 31.3 Å². The van der Waals surface area contributed by atoms with Crippen molar-refractivity contribution < 1.29 is 0 Å². The average molecular weight is 235 g/mol. The van der Waals surface area contributed by atoms with Crippen molar-refractivity contribution in [3.63, 3.8) is 0 Å². The predicted molar refractivity (Wildman–Crippen MR) is 62.4 cm³/mol. The van der Waals surface area contributed by atoms with E-state index in [1.807, 2.05) is 19.1 Å². The summed E-state index contributed by atoms with van der Waals surface area (Å²) in [5, 5.41) is 6.79. The molecule has 5 heteroatoms. The maximum atomic E-state index is 5.78. The van der Waals surface area contributed by atoms with Gasteiger partial charge in [0.05, 0.1) is 10.9 Å². The van der Waals surface area contributed by atoms with Gasteiger partial charge in [0.2, 0.25) is 0 Å². The van der Waals surface area contributed by atoms with Crippen LogP contribution in [0.1, 0.15) is 11.8 Å². The lowest BCUT2D eigenvalue weighted by Crippen LogP contribution is -2.34. The fraction of sp³-hybridized carbons (Fsp3) is 0.375. The normalized spacial score (nSPS) is 9.69. The molecule has 0 saturated heterocycles. The van der Waals surface area contributed by atoms with Crippen LogP contribution in [-0.2, 0) is 6.54 Å². The minimum atomic E-state index is 0.687. The molecule has 1 aromatic heterocycles. The Bertz CT molecular complexity index is 285. The van der Waals surface area contributed by atoms with Crippen LogP contribution in [-0.4, -0.2) is 11.7 Å². The van der Waals surface area contributed by atoms with E-state index in [1.54, 1.807) is 11.3 Å². The van der Waals surface area contributed by atoms with Gasteiger partial charge in [0.15, 0.2) is 5.11 Å². The largest absolute Gasteiger partial charge is 0.363 e. The Morgan fingerprint density at radius 3 is 2.85 bits per heavy atom. The zero-order valence-corrected chi connectivity index (χ0v) is 9.65. The van der Waals surface area contributed by atoms with Crippen LogP contribution in [0.3, 0.4) is 0 Å². The third kappa shape index (κ3) is 3.93. The second-order valence-corrected chi connectivity index (χ2v) is 4.63. The number of halogens is 1. The third-order valence-electron chi connectivity index (χ3n) is 1.39. The fourth-order valence-corrected chi connectivity index (χ4v) is 2.08. The molecule has 0 aliphatic rings. The highest BCUT2D eigenvalue weighted by molar-refractivity contribution is 7.80. The van der Waals surface area contributed by atoms with Gasteiger partial charge in [0, 0.05) is 11.4 Å². The molecule has 0 fully saturated rings. The van der Waals surface area contributed by atoms with E-state index in [0.29, 0.717) is 5.11 Å². The molecule has 0 aliphatic heterocycles. The second-order valence-electron chi connectivity index (χ2n) is 2.42. The van der Waals surface area contributed by atoms with E-state index in [2.05, 4.69) is 10.6 Å². The molecule has 2 nitrogen and oxygen atoms in total. The Morgan fingerprint density at radius 1 is 1.54 bits per heavy atom. The molecule has 1 heterocycles. The van der Waals surface area contributed by atoms with Crippen LogP contribution in [0.4, 0.5) is 0 Å². The lowest BCUT2D eigenvalue weighted by Gasteiger charge is -2.06. The summed E-state index contributed by atoms with van der Waals surface area (Å²) in [5.74, 6) is 0.